The first-order chi connectivity index (χ1) is 8.00. The predicted octanol–water partition coefficient (Wildman–Crippen LogP) is 1.92. The van der Waals surface area contributed by atoms with E-state index in [-0.39, 0.29) is 18.6 Å². The summed E-state index contributed by atoms with van der Waals surface area (Å²) >= 11 is 0. The fraction of sp³-hybridized carbons (Fsp3) is 0.462. The quantitative estimate of drug-likeness (QED) is 0.802. The van der Waals surface area contributed by atoms with Crippen LogP contribution in [0.15, 0.2) is 12.1 Å². The molecule has 4 heteroatoms. The summed E-state index contributed by atoms with van der Waals surface area (Å²) in [7, 11) is 3.80. The van der Waals surface area contributed by atoms with Crippen molar-refractivity contribution in [2.75, 3.05) is 20.9 Å². The summed E-state index contributed by atoms with van der Waals surface area (Å²) in [6, 6.07) is 3.60. The topological polar surface area (TPSA) is 38.8 Å². The number of ketones is 1. The van der Waals surface area contributed by atoms with Crippen molar-refractivity contribution in [1.29, 1.82) is 0 Å². The number of ether oxygens (including phenoxy) is 2. The van der Waals surface area contributed by atoms with E-state index in [1.54, 1.807) is 6.92 Å². The number of benzene rings is 1. The summed E-state index contributed by atoms with van der Waals surface area (Å²) in [5, 5.41) is 0. The van der Waals surface area contributed by atoms with Gasteiger partial charge in [0.2, 0.25) is 6.79 Å². The highest BCUT2D eigenvalue weighted by Crippen LogP contribution is 2.37. The van der Waals surface area contributed by atoms with Crippen molar-refractivity contribution in [2.24, 2.45) is 0 Å². The van der Waals surface area contributed by atoms with Gasteiger partial charge in [-0.15, -0.1) is 0 Å². The molecule has 1 aromatic rings. The zero-order valence-electron chi connectivity index (χ0n) is 10.6. The van der Waals surface area contributed by atoms with Crippen molar-refractivity contribution in [3.05, 3.63) is 23.3 Å². The molecular formula is C13H17NO3. The van der Waals surface area contributed by atoms with Crippen molar-refractivity contribution in [3.63, 3.8) is 0 Å². The van der Waals surface area contributed by atoms with E-state index >= 15 is 0 Å². The molecule has 0 amide bonds. The standard InChI is InChI=1S/C13H17NO3/c1-8-5-11-12(17-7-16-11)6-10(8)13(9(2)15)14(3)4/h5-6,13H,7H2,1-4H3. The number of aryl methyl sites for hydroxylation is 1. The maximum Gasteiger partial charge on any atom is 0.231 e. The monoisotopic (exact) mass is 235 g/mol. The molecule has 1 heterocycles. The molecule has 1 atom stereocenters. The van der Waals surface area contributed by atoms with Crippen LogP contribution in [-0.2, 0) is 4.79 Å². The Morgan fingerprint density at radius 1 is 1.29 bits per heavy atom. The third-order valence-corrected chi connectivity index (χ3v) is 2.96. The van der Waals surface area contributed by atoms with Gasteiger partial charge < -0.3 is 9.47 Å². The molecule has 0 aliphatic carbocycles. The number of hydrogen-bond donors (Lipinski definition) is 0. The number of carbonyl (C=O) groups excluding carboxylic acids is 1. The van der Waals surface area contributed by atoms with E-state index in [0.29, 0.717) is 0 Å². The normalized spacial score (nSPS) is 15.1. The molecule has 0 radical (unpaired) electrons. The van der Waals surface area contributed by atoms with Gasteiger partial charge in [0.1, 0.15) is 0 Å². The molecule has 17 heavy (non-hydrogen) atoms. The Labute approximate surface area is 101 Å². The maximum absolute atomic E-state index is 11.7. The number of nitrogens with zero attached hydrogens (tertiary/aromatic N) is 1. The Morgan fingerprint density at radius 2 is 1.88 bits per heavy atom. The molecule has 1 unspecified atom stereocenters. The molecule has 0 fully saturated rings. The maximum atomic E-state index is 11.7. The molecule has 0 aromatic heterocycles. The zero-order valence-corrected chi connectivity index (χ0v) is 10.6. The summed E-state index contributed by atoms with van der Waals surface area (Å²) in [6.07, 6.45) is 0. The van der Waals surface area contributed by atoms with Crippen LogP contribution in [0.4, 0.5) is 0 Å². The van der Waals surface area contributed by atoms with Gasteiger partial charge in [-0.05, 0) is 51.2 Å². The minimum absolute atomic E-state index is 0.122. The van der Waals surface area contributed by atoms with Crippen molar-refractivity contribution in [3.8, 4) is 11.5 Å². The van der Waals surface area contributed by atoms with Gasteiger partial charge in [0.05, 0.1) is 6.04 Å². The highest BCUT2D eigenvalue weighted by molar-refractivity contribution is 5.83. The van der Waals surface area contributed by atoms with E-state index in [1.807, 2.05) is 38.1 Å². The Kier molecular flexibility index (Phi) is 3.07. The van der Waals surface area contributed by atoms with Gasteiger partial charge in [-0.25, -0.2) is 0 Å². The van der Waals surface area contributed by atoms with Crippen LogP contribution in [0, 0.1) is 6.92 Å². The van der Waals surface area contributed by atoms with Crippen molar-refractivity contribution in [2.45, 2.75) is 19.9 Å². The van der Waals surface area contributed by atoms with E-state index in [0.717, 1.165) is 22.6 Å². The minimum atomic E-state index is -0.232. The lowest BCUT2D eigenvalue weighted by molar-refractivity contribution is -0.121. The molecule has 2 rings (SSSR count). The van der Waals surface area contributed by atoms with Crippen LogP contribution >= 0.6 is 0 Å². The molecule has 0 saturated heterocycles. The molecule has 0 bridgehead atoms. The fourth-order valence-corrected chi connectivity index (χ4v) is 2.21. The van der Waals surface area contributed by atoms with Crippen molar-refractivity contribution < 1.29 is 14.3 Å². The Hall–Kier alpha value is -1.55. The van der Waals surface area contributed by atoms with Crippen LogP contribution in [0.3, 0.4) is 0 Å². The first kappa shape index (κ1) is 11.9. The summed E-state index contributed by atoms with van der Waals surface area (Å²) in [4.78, 5) is 13.6. The number of hydrogen-bond acceptors (Lipinski definition) is 4. The Morgan fingerprint density at radius 3 is 2.41 bits per heavy atom. The van der Waals surface area contributed by atoms with Gasteiger partial charge >= 0.3 is 0 Å². The average molecular weight is 235 g/mol. The molecule has 1 aromatic carbocycles. The van der Waals surface area contributed by atoms with Gasteiger partial charge in [0.15, 0.2) is 17.3 Å². The summed E-state index contributed by atoms with van der Waals surface area (Å²) in [5.74, 6) is 1.60. The largest absolute Gasteiger partial charge is 0.454 e. The lowest BCUT2D eigenvalue weighted by Crippen LogP contribution is -2.26. The van der Waals surface area contributed by atoms with Gasteiger partial charge in [0, 0.05) is 0 Å². The van der Waals surface area contributed by atoms with Gasteiger partial charge in [-0.3, -0.25) is 9.69 Å². The summed E-state index contributed by atoms with van der Waals surface area (Å²) < 4.78 is 10.7. The Bertz CT molecular complexity index is 454. The smallest absolute Gasteiger partial charge is 0.231 e. The molecule has 1 aliphatic heterocycles. The second-order valence-corrected chi connectivity index (χ2v) is 4.54. The molecule has 0 saturated carbocycles. The number of rotatable bonds is 3. The highest BCUT2D eigenvalue weighted by Gasteiger charge is 2.24. The molecule has 4 nitrogen and oxygen atoms in total. The molecule has 1 aliphatic rings. The molecule has 0 N–H and O–H groups in total. The van der Waals surface area contributed by atoms with E-state index in [4.69, 9.17) is 9.47 Å². The van der Waals surface area contributed by atoms with E-state index in [9.17, 15) is 4.79 Å². The minimum Gasteiger partial charge on any atom is -0.454 e. The predicted molar refractivity (Wildman–Crippen MR) is 64.4 cm³/mol. The van der Waals surface area contributed by atoms with Crippen LogP contribution in [0.2, 0.25) is 0 Å². The van der Waals surface area contributed by atoms with Crippen LogP contribution in [0.25, 0.3) is 0 Å². The number of Topliss-reactive ketones (excluding diaryl/α,β-unsaturated/α-hetero) is 1. The van der Waals surface area contributed by atoms with E-state index in [2.05, 4.69) is 0 Å². The number of fused-ring (bicyclic) bond motifs is 1. The SMILES string of the molecule is CC(=O)C(c1cc2c(cc1C)OCO2)N(C)C. The number of carbonyl (C=O) groups is 1. The second kappa shape index (κ2) is 4.37. The number of likely N-dealkylation sites (N-methyl/N-ethyl adjacent to an activating group) is 1. The zero-order chi connectivity index (χ0) is 12.6. The second-order valence-electron chi connectivity index (χ2n) is 4.54. The van der Waals surface area contributed by atoms with Crippen molar-refractivity contribution in [1.82, 2.24) is 4.90 Å². The van der Waals surface area contributed by atoms with E-state index in [1.165, 1.54) is 0 Å². The van der Waals surface area contributed by atoms with Gasteiger partial charge in [0.25, 0.3) is 0 Å². The summed E-state index contributed by atoms with van der Waals surface area (Å²) in [6.45, 7) is 3.84. The van der Waals surface area contributed by atoms with Crippen LogP contribution < -0.4 is 9.47 Å². The molecular weight excluding hydrogens is 218 g/mol. The lowest BCUT2D eigenvalue weighted by atomic mass is 9.97. The van der Waals surface area contributed by atoms with Crippen LogP contribution in [0.5, 0.6) is 11.5 Å². The van der Waals surface area contributed by atoms with Gasteiger partial charge in [-0.1, -0.05) is 0 Å². The highest BCUT2D eigenvalue weighted by atomic mass is 16.7. The summed E-state index contributed by atoms with van der Waals surface area (Å²) in [5.41, 5.74) is 2.02. The Balaban J connectivity index is 2.47. The molecule has 92 valence electrons. The van der Waals surface area contributed by atoms with E-state index < -0.39 is 0 Å². The average Bonchev–Trinajstić information content (AvgIpc) is 2.64. The first-order valence-corrected chi connectivity index (χ1v) is 5.57. The molecule has 0 spiro atoms. The van der Waals surface area contributed by atoms with Gasteiger partial charge in [-0.2, -0.15) is 0 Å². The van der Waals surface area contributed by atoms with Crippen molar-refractivity contribution >= 4 is 5.78 Å². The third-order valence-electron chi connectivity index (χ3n) is 2.96. The lowest BCUT2D eigenvalue weighted by Gasteiger charge is -2.23. The third kappa shape index (κ3) is 2.13. The first-order valence-electron chi connectivity index (χ1n) is 5.57. The van der Waals surface area contributed by atoms with Crippen LogP contribution in [-0.4, -0.2) is 31.6 Å². The fourth-order valence-electron chi connectivity index (χ4n) is 2.21. The van der Waals surface area contributed by atoms with Crippen LogP contribution in [0.1, 0.15) is 24.1 Å².